The summed E-state index contributed by atoms with van der Waals surface area (Å²) in [5, 5.41) is 14.1. The van der Waals surface area contributed by atoms with Gasteiger partial charge in [-0.25, -0.2) is 0 Å². The fraction of sp³-hybridized carbons (Fsp3) is 0.571. The zero-order chi connectivity index (χ0) is 13.8. The molecule has 19 heavy (non-hydrogen) atoms. The van der Waals surface area contributed by atoms with Gasteiger partial charge in [-0.2, -0.15) is 0 Å². The summed E-state index contributed by atoms with van der Waals surface area (Å²) in [5.41, 5.74) is 1.67. The van der Waals surface area contributed by atoms with Gasteiger partial charge in [0, 0.05) is 18.2 Å². The molecule has 0 bridgehead atoms. The highest BCUT2D eigenvalue weighted by Crippen LogP contribution is 2.29. The van der Waals surface area contributed by atoms with Gasteiger partial charge in [0.2, 0.25) is 0 Å². The standard InChI is InChI=1S/C14H19Cl2NO2/c1-9-4-13(16)14(5-12(9)15)17-6-11(18)8-19-7-10-2-3-10/h4-5,10-11,17-18H,2-3,6-8H2,1H3. The molecule has 1 fully saturated rings. The van der Waals surface area contributed by atoms with Crippen molar-refractivity contribution in [1.82, 2.24) is 0 Å². The van der Waals surface area contributed by atoms with Crippen LogP contribution in [0.15, 0.2) is 12.1 Å². The van der Waals surface area contributed by atoms with Crippen LogP contribution in [0.1, 0.15) is 18.4 Å². The van der Waals surface area contributed by atoms with Crippen molar-refractivity contribution in [2.75, 3.05) is 25.1 Å². The van der Waals surface area contributed by atoms with Crippen LogP contribution >= 0.6 is 23.2 Å². The Morgan fingerprint density at radius 2 is 2.11 bits per heavy atom. The molecule has 1 aromatic carbocycles. The number of rotatable bonds is 7. The van der Waals surface area contributed by atoms with E-state index in [0.29, 0.717) is 29.1 Å². The van der Waals surface area contributed by atoms with Gasteiger partial charge in [-0.3, -0.25) is 0 Å². The van der Waals surface area contributed by atoms with Gasteiger partial charge < -0.3 is 15.2 Å². The molecule has 1 unspecified atom stereocenters. The van der Waals surface area contributed by atoms with Crippen LogP contribution in [0, 0.1) is 12.8 Å². The van der Waals surface area contributed by atoms with E-state index in [0.717, 1.165) is 17.9 Å². The van der Waals surface area contributed by atoms with Gasteiger partial charge >= 0.3 is 0 Å². The van der Waals surface area contributed by atoms with E-state index >= 15 is 0 Å². The molecule has 106 valence electrons. The number of aliphatic hydroxyl groups excluding tert-OH is 1. The van der Waals surface area contributed by atoms with E-state index in [-0.39, 0.29) is 0 Å². The SMILES string of the molecule is Cc1cc(Cl)c(NCC(O)COCC2CC2)cc1Cl. The topological polar surface area (TPSA) is 41.5 Å². The minimum absolute atomic E-state index is 0.348. The lowest BCUT2D eigenvalue weighted by Gasteiger charge is -2.15. The molecule has 2 N–H and O–H groups in total. The van der Waals surface area contributed by atoms with Crippen LogP contribution in [0.5, 0.6) is 0 Å². The number of aryl methyl sites for hydroxylation is 1. The van der Waals surface area contributed by atoms with Crippen LogP contribution in [0.4, 0.5) is 5.69 Å². The monoisotopic (exact) mass is 303 g/mol. The summed E-state index contributed by atoms with van der Waals surface area (Å²) in [6.07, 6.45) is 1.97. The molecule has 1 aliphatic carbocycles. The Labute approximate surface area is 123 Å². The molecular weight excluding hydrogens is 285 g/mol. The summed E-state index contributed by atoms with van der Waals surface area (Å²) in [5.74, 6) is 0.713. The number of hydrogen-bond donors (Lipinski definition) is 2. The van der Waals surface area contributed by atoms with Gasteiger partial charge in [0.25, 0.3) is 0 Å². The van der Waals surface area contributed by atoms with E-state index in [1.54, 1.807) is 6.07 Å². The molecule has 1 aliphatic rings. The largest absolute Gasteiger partial charge is 0.389 e. The molecule has 0 aliphatic heterocycles. The molecule has 3 nitrogen and oxygen atoms in total. The van der Waals surface area contributed by atoms with Crippen LogP contribution in [0.25, 0.3) is 0 Å². The molecule has 2 rings (SSSR count). The molecule has 0 saturated heterocycles. The highest BCUT2D eigenvalue weighted by molar-refractivity contribution is 6.35. The third-order valence-corrected chi connectivity index (χ3v) is 3.86. The second-order valence-corrected chi connectivity index (χ2v) is 5.91. The fourth-order valence-electron chi connectivity index (χ4n) is 1.72. The van der Waals surface area contributed by atoms with Crippen molar-refractivity contribution in [2.24, 2.45) is 5.92 Å². The normalized spacial score (nSPS) is 16.4. The van der Waals surface area contributed by atoms with Crippen molar-refractivity contribution < 1.29 is 9.84 Å². The van der Waals surface area contributed by atoms with Gasteiger partial charge in [-0.15, -0.1) is 0 Å². The number of nitrogens with one attached hydrogen (secondary N) is 1. The van der Waals surface area contributed by atoms with E-state index in [9.17, 15) is 5.11 Å². The van der Waals surface area contributed by atoms with Crippen molar-refractivity contribution in [3.05, 3.63) is 27.7 Å². The number of anilines is 1. The predicted molar refractivity (Wildman–Crippen MR) is 79.2 cm³/mol. The molecule has 0 radical (unpaired) electrons. The maximum Gasteiger partial charge on any atom is 0.0945 e. The Balaban J connectivity index is 1.75. The first-order chi connectivity index (χ1) is 9.06. The zero-order valence-corrected chi connectivity index (χ0v) is 12.5. The molecular formula is C14H19Cl2NO2. The highest BCUT2D eigenvalue weighted by atomic mass is 35.5. The van der Waals surface area contributed by atoms with Gasteiger partial charge in [-0.1, -0.05) is 23.2 Å². The smallest absolute Gasteiger partial charge is 0.0945 e. The zero-order valence-electron chi connectivity index (χ0n) is 11.0. The molecule has 0 spiro atoms. The maximum atomic E-state index is 9.80. The first-order valence-corrected chi connectivity index (χ1v) is 7.27. The van der Waals surface area contributed by atoms with E-state index in [1.165, 1.54) is 12.8 Å². The van der Waals surface area contributed by atoms with Gasteiger partial charge in [0.05, 0.1) is 23.4 Å². The quantitative estimate of drug-likeness (QED) is 0.810. The van der Waals surface area contributed by atoms with Crippen LogP contribution in [-0.4, -0.2) is 31.0 Å². The van der Waals surface area contributed by atoms with Crippen molar-refractivity contribution in [1.29, 1.82) is 0 Å². The van der Waals surface area contributed by atoms with Crippen molar-refractivity contribution >= 4 is 28.9 Å². The van der Waals surface area contributed by atoms with Gasteiger partial charge in [0.15, 0.2) is 0 Å². The molecule has 5 heteroatoms. The summed E-state index contributed by atoms with van der Waals surface area (Å²) in [6.45, 7) is 3.40. The average molecular weight is 304 g/mol. The van der Waals surface area contributed by atoms with Gasteiger partial charge in [-0.05, 0) is 43.4 Å². The number of hydrogen-bond acceptors (Lipinski definition) is 3. The second-order valence-electron chi connectivity index (χ2n) is 5.10. The number of halogens is 2. The first kappa shape index (κ1) is 14.9. The molecule has 0 aromatic heterocycles. The lowest BCUT2D eigenvalue weighted by molar-refractivity contribution is 0.0386. The van der Waals surface area contributed by atoms with Crippen molar-refractivity contribution in [2.45, 2.75) is 25.9 Å². The average Bonchev–Trinajstić information content (AvgIpc) is 3.16. The van der Waals surface area contributed by atoms with Crippen LogP contribution in [-0.2, 0) is 4.74 Å². The van der Waals surface area contributed by atoms with E-state index in [4.69, 9.17) is 27.9 Å². The fourth-order valence-corrected chi connectivity index (χ4v) is 2.17. The molecule has 1 saturated carbocycles. The maximum absolute atomic E-state index is 9.80. The summed E-state index contributed by atoms with van der Waals surface area (Å²) in [7, 11) is 0. The molecule has 1 atom stereocenters. The Morgan fingerprint density at radius 1 is 1.37 bits per heavy atom. The summed E-state index contributed by atoms with van der Waals surface area (Å²) < 4.78 is 5.43. The summed E-state index contributed by atoms with van der Waals surface area (Å²) >= 11 is 12.1. The summed E-state index contributed by atoms with van der Waals surface area (Å²) in [4.78, 5) is 0. The lowest BCUT2D eigenvalue weighted by atomic mass is 10.2. The first-order valence-electron chi connectivity index (χ1n) is 6.51. The Bertz CT molecular complexity index is 436. The minimum atomic E-state index is -0.546. The molecule has 0 heterocycles. The molecule has 1 aromatic rings. The number of benzene rings is 1. The van der Waals surface area contributed by atoms with E-state index < -0.39 is 6.10 Å². The number of aliphatic hydroxyl groups is 1. The third kappa shape index (κ3) is 4.84. The number of ether oxygens (including phenoxy) is 1. The van der Waals surface area contributed by atoms with E-state index in [1.807, 2.05) is 13.0 Å². The Kier molecular flexibility index (Phi) is 5.34. The Morgan fingerprint density at radius 3 is 2.79 bits per heavy atom. The molecule has 0 amide bonds. The summed E-state index contributed by atoms with van der Waals surface area (Å²) in [6, 6.07) is 3.58. The third-order valence-electron chi connectivity index (χ3n) is 3.14. The van der Waals surface area contributed by atoms with E-state index in [2.05, 4.69) is 5.32 Å². The second kappa shape index (κ2) is 6.80. The highest BCUT2D eigenvalue weighted by Gasteiger charge is 2.21. The predicted octanol–water partition coefficient (Wildman–Crippen LogP) is 3.50. The lowest BCUT2D eigenvalue weighted by Crippen LogP contribution is -2.25. The Hall–Kier alpha value is -0.480. The van der Waals surface area contributed by atoms with Crippen LogP contribution in [0.2, 0.25) is 10.0 Å². The van der Waals surface area contributed by atoms with Crippen LogP contribution < -0.4 is 5.32 Å². The van der Waals surface area contributed by atoms with Crippen molar-refractivity contribution in [3.63, 3.8) is 0 Å². The van der Waals surface area contributed by atoms with Gasteiger partial charge in [0.1, 0.15) is 0 Å². The minimum Gasteiger partial charge on any atom is -0.389 e. The van der Waals surface area contributed by atoms with Crippen molar-refractivity contribution in [3.8, 4) is 0 Å². The van der Waals surface area contributed by atoms with Crippen LogP contribution in [0.3, 0.4) is 0 Å².